The molecule has 0 aliphatic carbocycles. The Morgan fingerprint density at radius 2 is 2.14 bits per heavy atom. The maximum absolute atomic E-state index is 11.4. The van der Waals surface area contributed by atoms with Gasteiger partial charge < -0.3 is 20.0 Å². The lowest BCUT2D eigenvalue weighted by Crippen LogP contribution is -2.19. The van der Waals surface area contributed by atoms with Gasteiger partial charge in [-0.2, -0.15) is 5.26 Å². The van der Waals surface area contributed by atoms with Crippen LogP contribution in [0.5, 0.6) is 0 Å². The Hall–Kier alpha value is -4.04. The molecule has 29 heavy (non-hydrogen) atoms. The van der Waals surface area contributed by atoms with Crippen LogP contribution in [0.2, 0.25) is 0 Å². The van der Waals surface area contributed by atoms with Crippen LogP contribution in [0.15, 0.2) is 40.3 Å². The van der Waals surface area contributed by atoms with Crippen molar-refractivity contribution in [3.63, 3.8) is 0 Å². The predicted molar refractivity (Wildman–Crippen MR) is 109 cm³/mol. The van der Waals surface area contributed by atoms with Gasteiger partial charge in [0.1, 0.15) is 18.4 Å². The molecule has 0 amide bonds. The molecule has 2 aromatic heterocycles. The number of carbonyl (C=O) groups is 1. The van der Waals surface area contributed by atoms with E-state index in [4.69, 9.17) is 6.57 Å². The minimum Gasteiger partial charge on any atom is -0.480 e. The first-order valence-corrected chi connectivity index (χ1v) is 8.88. The number of nitriles is 1. The van der Waals surface area contributed by atoms with Gasteiger partial charge in [-0.15, -0.1) is 0 Å². The van der Waals surface area contributed by atoms with Crippen molar-refractivity contribution in [1.82, 2.24) is 14.9 Å². The van der Waals surface area contributed by atoms with Crippen LogP contribution < -0.4 is 5.32 Å². The first-order valence-electron chi connectivity index (χ1n) is 8.88. The van der Waals surface area contributed by atoms with Crippen LogP contribution in [0.4, 0.5) is 0 Å². The number of hydrogen-bond donors (Lipinski definition) is 3. The third-order valence-electron chi connectivity index (χ3n) is 4.97. The van der Waals surface area contributed by atoms with Crippen molar-refractivity contribution in [2.75, 3.05) is 7.05 Å². The zero-order valence-corrected chi connectivity index (χ0v) is 16.6. The number of amidine groups is 1. The van der Waals surface area contributed by atoms with Gasteiger partial charge >= 0.3 is 5.97 Å². The van der Waals surface area contributed by atoms with E-state index in [2.05, 4.69) is 26.2 Å². The molecule has 1 aliphatic rings. The van der Waals surface area contributed by atoms with E-state index in [1.54, 1.807) is 23.9 Å². The highest BCUT2D eigenvalue weighted by Gasteiger charge is 2.29. The van der Waals surface area contributed by atoms with Crippen molar-refractivity contribution in [1.29, 1.82) is 5.26 Å². The number of nitrogens with one attached hydrogen (secondary N) is 2. The van der Waals surface area contributed by atoms with Crippen molar-refractivity contribution in [3.05, 3.63) is 74.9 Å². The van der Waals surface area contributed by atoms with Crippen LogP contribution in [0.1, 0.15) is 35.1 Å². The molecule has 3 heterocycles. The Bertz CT molecular complexity index is 1190. The number of H-pyrrole nitrogens is 1. The summed E-state index contributed by atoms with van der Waals surface area (Å²) in [4.78, 5) is 22.4. The molecule has 0 spiro atoms. The molecule has 2 aromatic rings. The number of aliphatic carboxylic acids is 1. The number of carboxylic acid groups (broad SMARTS) is 1. The van der Waals surface area contributed by atoms with Crippen LogP contribution in [-0.2, 0) is 11.3 Å². The number of aliphatic imine (C=N–C) groups is 1. The van der Waals surface area contributed by atoms with E-state index in [0.29, 0.717) is 45.3 Å². The molecule has 0 bridgehead atoms. The molecular weight excluding hydrogens is 368 g/mol. The predicted octanol–water partition coefficient (Wildman–Crippen LogP) is 2.97. The Kier molecular flexibility index (Phi) is 5.12. The summed E-state index contributed by atoms with van der Waals surface area (Å²) in [7, 11) is 1.61. The minimum absolute atomic E-state index is 0.212. The van der Waals surface area contributed by atoms with Gasteiger partial charge in [0, 0.05) is 30.2 Å². The summed E-state index contributed by atoms with van der Waals surface area (Å²) in [6, 6.07) is 5.80. The summed E-state index contributed by atoms with van der Waals surface area (Å²) < 4.78 is 1.62. The van der Waals surface area contributed by atoms with E-state index < -0.39 is 5.97 Å². The lowest BCUT2D eigenvalue weighted by molar-refractivity contribution is -0.137. The highest BCUT2D eigenvalue weighted by Crippen LogP contribution is 2.36. The molecule has 0 aromatic carbocycles. The number of aromatic nitrogens is 2. The van der Waals surface area contributed by atoms with Gasteiger partial charge in [-0.3, -0.25) is 9.79 Å². The second kappa shape index (κ2) is 7.53. The van der Waals surface area contributed by atoms with E-state index in [0.717, 1.165) is 11.3 Å². The average Bonchev–Trinajstić information content (AvgIpc) is 3.33. The SMILES string of the molecule is [C-]#[N+]C1=C(C)C(=C(c2[nH]c(C)c(C#N)c2C)c2cccn2CC(=O)O)NC1=NC. The number of aromatic amines is 1. The summed E-state index contributed by atoms with van der Waals surface area (Å²) in [5.41, 5.74) is 5.87. The highest BCUT2D eigenvalue weighted by atomic mass is 16.4. The normalized spacial score (nSPS) is 16.6. The topological polar surface area (TPSA) is 111 Å². The van der Waals surface area contributed by atoms with E-state index in [-0.39, 0.29) is 6.54 Å². The minimum atomic E-state index is -0.965. The summed E-state index contributed by atoms with van der Waals surface area (Å²) in [6.07, 6.45) is 1.69. The van der Waals surface area contributed by atoms with Crippen LogP contribution in [-0.4, -0.2) is 33.5 Å². The Balaban J connectivity index is 2.39. The second-order valence-electron chi connectivity index (χ2n) is 6.68. The Labute approximate surface area is 168 Å². The van der Waals surface area contributed by atoms with Crippen molar-refractivity contribution in [2.24, 2.45) is 4.99 Å². The first-order chi connectivity index (χ1) is 13.8. The maximum atomic E-state index is 11.4. The third kappa shape index (κ3) is 3.21. The van der Waals surface area contributed by atoms with Gasteiger partial charge in [-0.1, -0.05) is 0 Å². The molecule has 0 saturated carbocycles. The molecule has 1 aliphatic heterocycles. The molecule has 0 unspecified atom stereocenters. The molecule has 8 heteroatoms. The van der Waals surface area contributed by atoms with Crippen LogP contribution in [0.3, 0.4) is 0 Å². The van der Waals surface area contributed by atoms with E-state index in [1.807, 2.05) is 26.8 Å². The van der Waals surface area contributed by atoms with Crippen molar-refractivity contribution >= 4 is 17.4 Å². The molecule has 0 atom stereocenters. The average molecular weight is 388 g/mol. The number of nitrogens with zero attached hydrogens (tertiary/aromatic N) is 4. The number of aryl methyl sites for hydroxylation is 1. The summed E-state index contributed by atoms with van der Waals surface area (Å²) in [6.45, 7) is 12.8. The number of carboxylic acids is 1. The van der Waals surface area contributed by atoms with Gasteiger partial charge in [0.25, 0.3) is 0 Å². The molecule has 3 N–H and O–H groups in total. The van der Waals surface area contributed by atoms with E-state index >= 15 is 0 Å². The number of rotatable bonds is 4. The first kappa shape index (κ1) is 19.7. The smallest absolute Gasteiger partial charge is 0.323 e. The van der Waals surface area contributed by atoms with Crippen molar-refractivity contribution < 1.29 is 9.90 Å². The summed E-state index contributed by atoms with van der Waals surface area (Å²) in [5, 5.41) is 22.0. The molecule has 0 fully saturated rings. The van der Waals surface area contributed by atoms with Gasteiger partial charge in [-0.05, 0) is 44.0 Å². The van der Waals surface area contributed by atoms with Crippen LogP contribution >= 0.6 is 0 Å². The van der Waals surface area contributed by atoms with Crippen LogP contribution in [0, 0.1) is 31.8 Å². The lowest BCUT2D eigenvalue weighted by atomic mass is 9.98. The molecule has 8 nitrogen and oxygen atoms in total. The standard InChI is InChI=1S/C21H20N6O2/c1-11-14(9-22)13(3)25-18(11)17(15-7-6-8-27(15)10-16(28)29)19-12(2)20(23-4)21(24-5)26-19/h6-8,25H,10H2,1-3,5H3,(H,24,26)(H,28,29). The van der Waals surface area contributed by atoms with Gasteiger partial charge in [0.05, 0.1) is 23.5 Å². The zero-order valence-electron chi connectivity index (χ0n) is 16.6. The fraction of sp³-hybridized carbons (Fsp3) is 0.238. The Morgan fingerprint density at radius 1 is 1.41 bits per heavy atom. The fourth-order valence-electron chi connectivity index (χ4n) is 3.59. The largest absolute Gasteiger partial charge is 0.480 e. The molecule has 146 valence electrons. The summed E-state index contributed by atoms with van der Waals surface area (Å²) in [5.74, 6) is -0.504. The number of hydrogen-bond acceptors (Lipinski definition) is 3. The maximum Gasteiger partial charge on any atom is 0.323 e. The lowest BCUT2D eigenvalue weighted by Gasteiger charge is -2.16. The fourth-order valence-corrected chi connectivity index (χ4v) is 3.59. The van der Waals surface area contributed by atoms with E-state index in [9.17, 15) is 15.2 Å². The monoisotopic (exact) mass is 388 g/mol. The zero-order chi connectivity index (χ0) is 21.3. The van der Waals surface area contributed by atoms with Gasteiger partial charge in [0.15, 0.2) is 0 Å². The van der Waals surface area contributed by atoms with Crippen molar-refractivity contribution in [2.45, 2.75) is 27.3 Å². The van der Waals surface area contributed by atoms with Crippen LogP contribution in [0.25, 0.3) is 10.4 Å². The number of allylic oxidation sites excluding steroid dienone is 1. The molecule has 0 radical (unpaired) electrons. The highest BCUT2D eigenvalue weighted by molar-refractivity contribution is 6.08. The quantitative estimate of drug-likeness (QED) is 0.699. The second-order valence-corrected chi connectivity index (χ2v) is 6.68. The molecule has 3 rings (SSSR count). The Morgan fingerprint density at radius 3 is 2.66 bits per heavy atom. The van der Waals surface area contributed by atoms with E-state index in [1.165, 1.54) is 0 Å². The molecule has 0 saturated heterocycles. The summed E-state index contributed by atoms with van der Waals surface area (Å²) >= 11 is 0. The van der Waals surface area contributed by atoms with Crippen molar-refractivity contribution in [3.8, 4) is 6.07 Å². The molecular formula is C21H20N6O2. The third-order valence-corrected chi connectivity index (χ3v) is 4.97. The van der Waals surface area contributed by atoms with Gasteiger partial charge in [0.2, 0.25) is 5.70 Å². The van der Waals surface area contributed by atoms with Gasteiger partial charge in [-0.25, -0.2) is 4.85 Å².